The average molecular weight is 348 g/mol. The Kier molecular flexibility index (Phi) is 3.99. The van der Waals surface area contributed by atoms with Crippen LogP contribution in [-0.4, -0.2) is 14.8 Å². The third-order valence-corrected chi connectivity index (χ3v) is 4.15. The number of fused-ring (bicyclic) bond motifs is 1. The second kappa shape index (κ2) is 6.45. The zero-order chi connectivity index (χ0) is 17.2. The first kappa shape index (κ1) is 15.5. The maximum atomic E-state index is 13.1. The Hall–Kier alpha value is -3.05. The van der Waals surface area contributed by atoms with E-state index in [1.165, 1.54) is 12.1 Å². The van der Waals surface area contributed by atoms with Gasteiger partial charge in [-0.05, 0) is 54.7 Å². The van der Waals surface area contributed by atoms with Crippen molar-refractivity contribution in [3.05, 3.63) is 90.4 Å². The van der Waals surface area contributed by atoms with Gasteiger partial charge in [-0.15, -0.1) is 0 Å². The van der Waals surface area contributed by atoms with Crippen LogP contribution in [0.2, 0.25) is 0 Å². The number of ether oxygens (including phenoxy) is 1. The van der Waals surface area contributed by atoms with Gasteiger partial charge >= 0.3 is 0 Å². The molecule has 0 atom stereocenters. The lowest BCUT2D eigenvalue weighted by Gasteiger charge is -2.08. The van der Waals surface area contributed by atoms with Gasteiger partial charge in [-0.3, -0.25) is 0 Å². The molecule has 0 fully saturated rings. The molecule has 1 aromatic heterocycles. The highest BCUT2D eigenvalue weighted by Crippen LogP contribution is 2.24. The second-order valence-corrected chi connectivity index (χ2v) is 5.88. The Morgan fingerprint density at radius 1 is 0.960 bits per heavy atom. The number of halogens is 1. The molecule has 0 bridgehead atoms. The first-order chi connectivity index (χ1) is 12.2. The minimum Gasteiger partial charge on any atom is -0.445 e. The average Bonchev–Trinajstić information content (AvgIpc) is 3.06. The van der Waals surface area contributed by atoms with Crippen molar-refractivity contribution in [1.82, 2.24) is 9.78 Å². The highest BCUT2D eigenvalue weighted by Gasteiger charge is 2.08. The molecule has 0 aliphatic heterocycles. The van der Waals surface area contributed by atoms with Crippen molar-refractivity contribution in [3.8, 4) is 11.4 Å². The fourth-order valence-corrected chi connectivity index (χ4v) is 2.84. The van der Waals surface area contributed by atoms with E-state index in [1.807, 2.05) is 48.5 Å². The molecule has 0 aliphatic rings. The molecule has 0 N–H and O–H groups in total. The summed E-state index contributed by atoms with van der Waals surface area (Å²) in [7, 11) is 0. The van der Waals surface area contributed by atoms with E-state index in [2.05, 4.69) is 5.10 Å². The SMILES string of the molecule is Fc1ccc(-n2ncc3cc(OC(=S)c4ccccc4)ccc32)cc1. The number of thiocarbonyl (C=S) groups is 1. The van der Waals surface area contributed by atoms with Crippen molar-refractivity contribution < 1.29 is 9.13 Å². The second-order valence-electron chi connectivity index (χ2n) is 5.51. The summed E-state index contributed by atoms with van der Waals surface area (Å²) in [6.45, 7) is 0. The lowest BCUT2D eigenvalue weighted by molar-refractivity contribution is 0.567. The molecule has 0 spiro atoms. The smallest absolute Gasteiger partial charge is 0.198 e. The van der Waals surface area contributed by atoms with Crippen LogP contribution in [-0.2, 0) is 0 Å². The van der Waals surface area contributed by atoms with E-state index in [0.717, 1.165) is 22.2 Å². The summed E-state index contributed by atoms with van der Waals surface area (Å²) >= 11 is 5.34. The summed E-state index contributed by atoms with van der Waals surface area (Å²) in [5.74, 6) is 0.380. The van der Waals surface area contributed by atoms with Crippen molar-refractivity contribution in [3.63, 3.8) is 0 Å². The van der Waals surface area contributed by atoms with Crippen LogP contribution in [0.3, 0.4) is 0 Å². The quantitative estimate of drug-likeness (QED) is 0.492. The molecule has 4 aromatic rings. The van der Waals surface area contributed by atoms with Crippen LogP contribution >= 0.6 is 12.2 Å². The Morgan fingerprint density at radius 3 is 2.48 bits per heavy atom. The number of aromatic nitrogens is 2. The van der Waals surface area contributed by atoms with E-state index in [4.69, 9.17) is 17.0 Å². The maximum absolute atomic E-state index is 13.1. The van der Waals surface area contributed by atoms with Crippen molar-refractivity contribution in [1.29, 1.82) is 0 Å². The minimum atomic E-state index is -0.273. The molecule has 1 heterocycles. The minimum absolute atomic E-state index is 0.273. The number of benzene rings is 3. The van der Waals surface area contributed by atoms with Gasteiger partial charge in [-0.25, -0.2) is 9.07 Å². The molecule has 0 amide bonds. The van der Waals surface area contributed by atoms with Crippen molar-refractivity contribution in [2.45, 2.75) is 0 Å². The monoisotopic (exact) mass is 348 g/mol. The Morgan fingerprint density at radius 2 is 1.72 bits per heavy atom. The van der Waals surface area contributed by atoms with Gasteiger partial charge in [-0.1, -0.05) is 30.3 Å². The predicted molar refractivity (Wildman–Crippen MR) is 99.8 cm³/mol. The summed E-state index contributed by atoms with van der Waals surface area (Å²) in [5.41, 5.74) is 2.56. The van der Waals surface area contributed by atoms with Crippen LogP contribution in [0.1, 0.15) is 5.56 Å². The van der Waals surface area contributed by atoms with Gasteiger partial charge in [0.05, 0.1) is 17.4 Å². The van der Waals surface area contributed by atoms with Crippen LogP contribution in [0.15, 0.2) is 79.0 Å². The topological polar surface area (TPSA) is 27.1 Å². The van der Waals surface area contributed by atoms with Crippen LogP contribution in [0.4, 0.5) is 4.39 Å². The Labute approximate surface area is 149 Å². The van der Waals surface area contributed by atoms with E-state index < -0.39 is 0 Å². The van der Waals surface area contributed by atoms with Crippen molar-refractivity contribution in [2.24, 2.45) is 0 Å². The number of hydrogen-bond donors (Lipinski definition) is 0. The van der Waals surface area contributed by atoms with Crippen LogP contribution in [0, 0.1) is 5.82 Å². The molecular weight excluding hydrogens is 335 g/mol. The molecular formula is C20H13FN2OS. The number of nitrogens with zero attached hydrogens (tertiary/aromatic N) is 2. The molecule has 25 heavy (non-hydrogen) atoms. The zero-order valence-corrected chi connectivity index (χ0v) is 13.9. The van der Waals surface area contributed by atoms with E-state index in [9.17, 15) is 4.39 Å². The normalized spacial score (nSPS) is 10.8. The lowest BCUT2D eigenvalue weighted by atomic mass is 10.2. The summed E-state index contributed by atoms with van der Waals surface area (Å²) in [4.78, 5) is 0. The maximum Gasteiger partial charge on any atom is 0.198 e. The van der Waals surface area contributed by atoms with Gasteiger partial charge < -0.3 is 4.74 Å². The van der Waals surface area contributed by atoms with Crippen molar-refractivity contribution in [2.75, 3.05) is 0 Å². The van der Waals surface area contributed by atoms with Crippen LogP contribution in [0.5, 0.6) is 5.75 Å². The molecule has 0 saturated carbocycles. The van der Waals surface area contributed by atoms with Gasteiger partial charge in [0.2, 0.25) is 0 Å². The third-order valence-electron chi connectivity index (χ3n) is 3.83. The number of rotatable bonds is 3. The Bertz CT molecular complexity index is 1040. The highest BCUT2D eigenvalue weighted by molar-refractivity contribution is 7.80. The van der Waals surface area contributed by atoms with Gasteiger partial charge in [0.15, 0.2) is 5.05 Å². The fraction of sp³-hybridized carbons (Fsp3) is 0. The van der Waals surface area contributed by atoms with E-state index >= 15 is 0 Å². The highest BCUT2D eigenvalue weighted by atomic mass is 32.1. The lowest BCUT2D eigenvalue weighted by Crippen LogP contribution is -2.06. The third kappa shape index (κ3) is 3.14. The molecule has 0 saturated heterocycles. The summed E-state index contributed by atoms with van der Waals surface area (Å²) in [6.07, 6.45) is 1.75. The first-order valence-corrected chi connectivity index (χ1v) is 8.12. The molecule has 0 aliphatic carbocycles. The van der Waals surface area contributed by atoms with Gasteiger partial charge in [-0.2, -0.15) is 5.10 Å². The largest absolute Gasteiger partial charge is 0.445 e. The molecule has 0 unspecified atom stereocenters. The van der Waals surface area contributed by atoms with Gasteiger partial charge in [0, 0.05) is 10.9 Å². The molecule has 5 heteroatoms. The van der Waals surface area contributed by atoms with E-state index in [1.54, 1.807) is 23.0 Å². The molecule has 0 radical (unpaired) electrons. The van der Waals surface area contributed by atoms with E-state index in [-0.39, 0.29) is 5.82 Å². The summed E-state index contributed by atoms with van der Waals surface area (Å²) in [5, 5.41) is 5.72. The zero-order valence-electron chi connectivity index (χ0n) is 13.1. The first-order valence-electron chi connectivity index (χ1n) is 7.72. The molecule has 4 rings (SSSR count). The van der Waals surface area contributed by atoms with Crippen LogP contribution in [0.25, 0.3) is 16.6 Å². The van der Waals surface area contributed by atoms with Gasteiger partial charge in [0.25, 0.3) is 0 Å². The molecule has 122 valence electrons. The standard InChI is InChI=1S/C20H13FN2OS/c21-16-6-8-17(9-7-16)23-19-11-10-18(12-15(19)13-22-23)24-20(25)14-4-2-1-3-5-14/h1-13H. The number of hydrogen-bond acceptors (Lipinski definition) is 3. The fourth-order valence-electron chi connectivity index (χ4n) is 2.60. The van der Waals surface area contributed by atoms with Gasteiger partial charge in [0.1, 0.15) is 11.6 Å². The summed E-state index contributed by atoms with van der Waals surface area (Å²) < 4.78 is 20.6. The van der Waals surface area contributed by atoms with Crippen LogP contribution < -0.4 is 4.74 Å². The van der Waals surface area contributed by atoms with E-state index in [0.29, 0.717) is 10.8 Å². The van der Waals surface area contributed by atoms with Crippen molar-refractivity contribution >= 4 is 28.2 Å². The molecule has 3 aromatic carbocycles. The predicted octanol–water partition coefficient (Wildman–Crippen LogP) is 4.92. The Balaban J connectivity index is 1.63. The molecule has 3 nitrogen and oxygen atoms in total. The summed E-state index contributed by atoms with van der Waals surface area (Å²) in [6, 6.07) is 21.4.